The van der Waals surface area contributed by atoms with Gasteiger partial charge in [-0.3, -0.25) is 4.79 Å². The Morgan fingerprint density at radius 2 is 2.00 bits per heavy atom. The van der Waals surface area contributed by atoms with E-state index in [1.54, 1.807) is 6.20 Å². The van der Waals surface area contributed by atoms with Gasteiger partial charge >= 0.3 is 0 Å². The Labute approximate surface area is 101 Å². The molecule has 5 nitrogen and oxygen atoms in total. The lowest BCUT2D eigenvalue weighted by Gasteiger charge is -2.32. The maximum atomic E-state index is 12.2. The highest BCUT2D eigenvalue weighted by molar-refractivity contribution is 5.94. The molecular weight excluding hydrogens is 216 g/mol. The SMILES string of the molecule is CNc1ccc(C(=O)N2CCN(C)CC2)cn1. The molecule has 2 heterocycles. The number of amides is 1. The minimum Gasteiger partial charge on any atom is -0.373 e. The van der Waals surface area contributed by atoms with Crippen LogP contribution < -0.4 is 5.32 Å². The maximum Gasteiger partial charge on any atom is 0.255 e. The van der Waals surface area contributed by atoms with Crippen LogP contribution in [-0.2, 0) is 0 Å². The number of carbonyl (C=O) groups excluding carboxylic acids is 1. The minimum atomic E-state index is 0.0771. The summed E-state index contributed by atoms with van der Waals surface area (Å²) in [7, 11) is 3.88. The highest BCUT2D eigenvalue weighted by Crippen LogP contribution is 2.09. The molecular formula is C12H18N4O. The van der Waals surface area contributed by atoms with E-state index in [-0.39, 0.29) is 5.91 Å². The zero-order chi connectivity index (χ0) is 12.3. The van der Waals surface area contributed by atoms with Crippen molar-refractivity contribution in [1.29, 1.82) is 0 Å². The Kier molecular flexibility index (Phi) is 3.58. The van der Waals surface area contributed by atoms with Crippen LogP contribution in [0.15, 0.2) is 18.3 Å². The van der Waals surface area contributed by atoms with E-state index in [1.165, 1.54) is 0 Å². The summed E-state index contributed by atoms with van der Waals surface area (Å²) in [5.41, 5.74) is 0.661. The van der Waals surface area contributed by atoms with Gasteiger partial charge in [0.05, 0.1) is 5.56 Å². The average Bonchev–Trinajstić information content (AvgIpc) is 2.39. The van der Waals surface area contributed by atoms with Crippen LogP contribution in [0.5, 0.6) is 0 Å². The van der Waals surface area contributed by atoms with E-state index < -0.39 is 0 Å². The molecule has 0 unspecified atom stereocenters. The second-order valence-electron chi connectivity index (χ2n) is 4.28. The molecule has 0 aliphatic carbocycles. The van der Waals surface area contributed by atoms with Crippen molar-refractivity contribution in [3.8, 4) is 0 Å². The summed E-state index contributed by atoms with van der Waals surface area (Å²) in [5.74, 6) is 0.855. The standard InChI is InChI=1S/C12H18N4O/c1-13-11-4-3-10(9-14-11)12(17)16-7-5-15(2)6-8-16/h3-4,9H,5-8H2,1-2H3,(H,13,14). The van der Waals surface area contributed by atoms with E-state index in [0.29, 0.717) is 5.56 Å². The zero-order valence-corrected chi connectivity index (χ0v) is 10.3. The molecule has 1 amide bonds. The van der Waals surface area contributed by atoms with Crippen molar-refractivity contribution >= 4 is 11.7 Å². The lowest BCUT2D eigenvalue weighted by atomic mass is 10.2. The van der Waals surface area contributed by atoms with Crippen molar-refractivity contribution in [2.45, 2.75) is 0 Å². The van der Waals surface area contributed by atoms with Gasteiger partial charge in [-0.25, -0.2) is 4.98 Å². The quantitative estimate of drug-likeness (QED) is 0.810. The number of rotatable bonds is 2. The van der Waals surface area contributed by atoms with Gasteiger partial charge in [-0.05, 0) is 19.2 Å². The van der Waals surface area contributed by atoms with Gasteiger partial charge in [-0.2, -0.15) is 0 Å². The Hall–Kier alpha value is -1.62. The van der Waals surface area contributed by atoms with Crippen LogP contribution in [0.4, 0.5) is 5.82 Å². The normalized spacial score (nSPS) is 16.9. The fourth-order valence-corrected chi connectivity index (χ4v) is 1.86. The third-order valence-corrected chi connectivity index (χ3v) is 3.06. The van der Waals surface area contributed by atoms with Crippen molar-refractivity contribution in [1.82, 2.24) is 14.8 Å². The number of hydrogen-bond donors (Lipinski definition) is 1. The smallest absolute Gasteiger partial charge is 0.255 e. The number of anilines is 1. The minimum absolute atomic E-state index is 0.0771. The van der Waals surface area contributed by atoms with Crippen LogP contribution in [0.3, 0.4) is 0 Å². The van der Waals surface area contributed by atoms with E-state index in [9.17, 15) is 4.79 Å². The number of likely N-dealkylation sites (N-methyl/N-ethyl adjacent to an activating group) is 1. The predicted molar refractivity (Wildman–Crippen MR) is 67.2 cm³/mol. The highest BCUT2D eigenvalue weighted by Gasteiger charge is 2.20. The summed E-state index contributed by atoms with van der Waals surface area (Å²) in [6.45, 7) is 3.47. The molecule has 1 N–H and O–H groups in total. The number of piperazine rings is 1. The molecule has 0 bridgehead atoms. The van der Waals surface area contributed by atoms with Crippen LogP contribution in [0.25, 0.3) is 0 Å². The van der Waals surface area contributed by atoms with Gasteiger partial charge in [0.2, 0.25) is 0 Å². The van der Waals surface area contributed by atoms with E-state index in [4.69, 9.17) is 0 Å². The number of pyridine rings is 1. The first kappa shape index (κ1) is 11.9. The number of nitrogens with one attached hydrogen (secondary N) is 1. The van der Waals surface area contributed by atoms with Crippen LogP contribution in [0, 0.1) is 0 Å². The molecule has 1 fully saturated rings. The van der Waals surface area contributed by atoms with Crippen LogP contribution >= 0.6 is 0 Å². The molecule has 92 valence electrons. The van der Waals surface area contributed by atoms with Gasteiger partial charge in [-0.1, -0.05) is 0 Å². The van der Waals surface area contributed by atoms with Crippen LogP contribution in [0.1, 0.15) is 10.4 Å². The van der Waals surface area contributed by atoms with Crippen molar-refractivity contribution in [3.63, 3.8) is 0 Å². The number of hydrogen-bond acceptors (Lipinski definition) is 4. The molecule has 1 saturated heterocycles. The van der Waals surface area contributed by atoms with Crippen molar-refractivity contribution in [2.24, 2.45) is 0 Å². The molecule has 1 aliphatic heterocycles. The third kappa shape index (κ3) is 2.74. The molecule has 1 aromatic heterocycles. The largest absolute Gasteiger partial charge is 0.373 e. The monoisotopic (exact) mass is 234 g/mol. The molecule has 0 atom stereocenters. The molecule has 0 saturated carbocycles. The molecule has 1 aromatic rings. The zero-order valence-electron chi connectivity index (χ0n) is 10.3. The molecule has 0 aromatic carbocycles. The summed E-state index contributed by atoms with van der Waals surface area (Å²) in [6, 6.07) is 3.64. The van der Waals surface area contributed by atoms with E-state index in [2.05, 4.69) is 22.2 Å². The van der Waals surface area contributed by atoms with Crippen molar-refractivity contribution in [2.75, 3.05) is 45.6 Å². The Bertz CT molecular complexity index is 382. The Balaban J connectivity index is 2.03. The number of nitrogens with zero attached hydrogens (tertiary/aromatic N) is 3. The number of aromatic nitrogens is 1. The van der Waals surface area contributed by atoms with Gasteiger partial charge in [-0.15, -0.1) is 0 Å². The van der Waals surface area contributed by atoms with Crippen LogP contribution in [-0.4, -0.2) is 61.0 Å². The second kappa shape index (κ2) is 5.14. The van der Waals surface area contributed by atoms with Crippen molar-refractivity contribution in [3.05, 3.63) is 23.9 Å². The predicted octanol–water partition coefficient (Wildman–Crippen LogP) is 0.511. The highest BCUT2D eigenvalue weighted by atomic mass is 16.2. The van der Waals surface area contributed by atoms with Gasteiger partial charge in [0.25, 0.3) is 5.91 Å². The van der Waals surface area contributed by atoms with Gasteiger partial charge < -0.3 is 15.1 Å². The third-order valence-electron chi connectivity index (χ3n) is 3.06. The molecule has 5 heteroatoms. The lowest BCUT2D eigenvalue weighted by Crippen LogP contribution is -2.47. The van der Waals surface area contributed by atoms with E-state index in [0.717, 1.165) is 32.0 Å². The van der Waals surface area contributed by atoms with Gasteiger partial charge in [0.1, 0.15) is 5.82 Å². The summed E-state index contributed by atoms with van der Waals surface area (Å²) in [4.78, 5) is 20.4. The average molecular weight is 234 g/mol. The Morgan fingerprint density at radius 3 is 2.53 bits per heavy atom. The van der Waals surface area contributed by atoms with E-state index in [1.807, 2.05) is 24.1 Å². The first-order chi connectivity index (χ1) is 8.20. The second-order valence-corrected chi connectivity index (χ2v) is 4.28. The fraction of sp³-hybridized carbons (Fsp3) is 0.500. The molecule has 0 spiro atoms. The summed E-state index contributed by atoms with van der Waals surface area (Å²) in [5, 5.41) is 2.94. The summed E-state index contributed by atoms with van der Waals surface area (Å²) in [6.07, 6.45) is 1.63. The number of carbonyl (C=O) groups is 1. The van der Waals surface area contributed by atoms with Crippen molar-refractivity contribution < 1.29 is 4.79 Å². The first-order valence-corrected chi connectivity index (χ1v) is 5.82. The van der Waals surface area contributed by atoms with Gasteiger partial charge in [0.15, 0.2) is 0 Å². The lowest BCUT2D eigenvalue weighted by molar-refractivity contribution is 0.0663. The van der Waals surface area contributed by atoms with Crippen LogP contribution in [0.2, 0.25) is 0 Å². The fourth-order valence-electron chi connectivity index (χ4n) is 1.86. The molecule has 0 radical (unpaired) electrons. The summed E-state index contributed by atoms with van der Waals surface area (Å²) < 4.78 is 0. The first-order valence-electron chi connectivity index (χ1n) is 5.82. The molecule has 17 heavy (non-hydrogen) atoms. The maximum absolute atomic E-state index is 12.2. The molecule has 1 aliphatic rings. The van der Waals surface area contributed by atoms with E-state index >= 15 is 0 Å². The summed E-state index contributed by atoms with van der Waals surface area (Å²) >= 11 is 0. The topological polar surface area (TPSA) is 48.5 Å². The molecule has 2 rings (SSSR count). The Morgan fingerprint density at radius 1 is 1.29 bits per heavy atom. The van der Waals surface area contributed by atoms with Gasteiger partial charge in [0, 0.05) is 39.4 Å².